The van der Waals surface area contributed by atoms with Crippen LogP contribution in [0.15, 0.2) is 53.3 Å². The normalized spacial score (nSPS) is 20.0. The highest BCUT2D eigenvalue weighted by Gasteiger charge is 2.28. The lowest BCUT2D eigenvalue weighted by Gasteiger charge is -2.34. The summed E-state index contributed by atoms with van der Waals surface area (Å²) in [5.41, 5.74) is 0.248. The summed E-state index contributed by atoms with van der Waals surface area (Å²) < 4.78 is 6.38. The standard InChI is InChI=1S/C26H30N4O4/c1-16-7-6-10-22(17(16)2)28-23(31)15-27-25(32)24-20-8-4-5-9-21(20)26(33)30(29-24)18-11-13-19(34-3)14-12-18/h4-5,8-9,11-14,16-17,22H,6-7,10,15H2,1-3H3,(H,27,32)(H,28,31)/t16-,17-,22+/m0/s1. The highest BCUT2D eigenvalue weighted by Crippen LogP contribution is 2.29. The van der Waals surface area contributed by atoms with Gasteiger partial charge in [-0.15, -0.1) is 0 Å². The second-order valence-electron chi connectivity index (χ2n) is 8.93. The predicted octanol–water partition coefficient (Wildman–Crippen LogP) is 3.07. The number of aromatic nitrogens is 2. The number of nitrogens with zero attached hydrogens (tertiary/aromatic N) is 2. The number of ether oxygens (including phenoxy) is 1. The summed E-state index contributed by atoms with van der Waals surface area (Å²) in [5, 5.41) is 10.9. The molecule has 4 rings (SSSR count). The largest absolute Gasteiger partial charge is 0.497 e. The Hall–Kier alpha value is -3.68. The van der Waals surface area contributed by atoms with Gasteiger partial charge in [0.15, 0.2) is 5.69 Å². The molecule has 8 nitrogen and oxygen atoms in total. The molecular formula is C26H30N4O4. The van der Waals surface area contributed by atoms with Crippen LogP contribution in [0.25, 0.3) is 16.5 Å². The smallest absolute Gasteiger partial charge is 0.279 e. The lowest BCUT2D eigenvalue weighted by Crippen LogP contribution is -2.47. The molecule has 1 saturated carbocycles. The number of rotatable bonds is 6. The third kappa shape index (κ3) is 4.81. The second-order valence-corrected chi connectivity index (χ2v) is 8.93. The van der Waals surface area contributed by atoms with Gasteiger partial charge in [0, 0.05) is 11.4 Å². The minimum absolute atomic E-state index is 0.0819. The average Bonchev–Trinajstić information content (AvgIpc) is 2.86. The van der Waals surface area contributed by atoms with E-state index >= 15 is 0 Å². The van der Waals surface area contributed by atoms with Crippen LogP contribution in [0.4, 0.5) is 0 Å². The Kier molecular flexibility index (Phi) is 6.95. The van der Waals surface area contributed by atoms with E-state index in [1.54, 1.807) is 55.6 Å². The van der Waals surface area contributed by atoms with Crippen molar-refractivity contribution in [3.63, 3.8) is 0 Å². The van der Waals surface area contributed by atoms with Gasteiger partial charge in [0.05, 0.1) is 24.7 Å². The average molecular weight is 463 g/mol. The first kappa shape index (κ1) is 23.5. The van der Waals surface area contributed by atoms with Gasteiger partial charge >= 0.3 is 0 Å². The van der Waals surface area contributed by atoms with Crippen LogP contribution in [0.2, 0.25) is 0 Å². The molecule has 3 aromatic rings. The maximum Gasteiger partial charge on any atom is 0.279 e. The van der Waals surface area contributed by atoms with E-state index in [4.69, 9.17) is 4.74 Å². The van der Waals surface area contributed by atoms with E-state index in [2.05, 4.69) is 29.6 Å². The molecule has 1 aliphatic rings. The number of nitrogens with one attached hydrogen (secondary N) is 2. The molecule has 0 unspecified atom stereocenters. The summed E-state index contributed by atoms with van der Waals surface area (Å²) in [4.78, 5) is 38.7. The van der Waals surface area contributed by atoms with Gasteiger partial charge in [-0.1, -0.05) is 44.9 Å². The number of hydrogen-bond acceptors (Lipinski definition) is 5. The Bertz CT molecular complexity index is 1250. The Morgan fingerprint density at radius 2 is 1.76 bits per heavy atom. The van der Waals surface area contributed by atoms with Crippen LogP contribution >= 0.6 is 0 Å². The second kappa shape index (κ2) is 10.1. The molecule has 34 heavy (non-hydrogen) atoms. The number of amides is 2. The molecule has 0 bridgehead atoms. The van der Waals surface area contributed by atoms with E-state index in [0.29, 0.717) is 34.0 Å². The fourth-order valence-corrected chi connectivity index (χ4v) is 4.54. The summed E-state index contributed by atoms with van der Waals surface area (Å²) in [6, 6.07) is 13.8. The van der Waals surface area contributed by atoms with Crippen molar-refractivity contribution < 1.29 is 14.3 Å². The van der Waals surface area contributed by atoms with E-state index in [0.717, 1.165) is 12.8 Å². The first-order valence-electron chi connectivity index (χ1n) is 11.6. The van der Waals surface area contributed by atoms with E-state index < -0.39 is 5.91 Å². The van der Waals surface area contributed by atoms with Gasteiger partial charge in [-0.25, -0.2) is 0 Å². The van der Waals surface area contributed by atoms with Gasteiger partial charge in [0.2, 0.25) is 5.91 Å². The van der Waals surface area contributed by atoms with E-state index in [1.165, 1.54) is 11.1 Å². The molecule has 0 spiro atoms. The highest BCUT2D eigenvalue weighted by molar-refractivity contribution is 6.05. The summed E-state index contributed by atoms with van der Waals surface area (Å²) in [6.07, 6.45) is 3.21. The van der Waals surface area contributed by atoms with Gasteiger partial charge in [-0.2, -0.15) is 9.78 Å². The molecule has 1 fully saturated rings. The quantitative estimate of drug-likeness (QED) is 0.586. The minimum atomic E-state index is -0.515. The van der Waals surface area contributed by atoms with Crippen molar-refractivity contribution in [2.75, 3.05) is 13.7 Å². The number of benzene rings is 2. The molecule has 2 N–H and O–H groups in total. The summed E-state index contributed by atoms with van der Waals surface area (Å²) >= 11 is 0. The number of carbonyl (C=O) groups excluding carboxylic acids is 2. The van der Waals surface area contributed by atoms with Crippen LogP contribution < -0.4 is 20.9 Å². The number of fused-ring (bicyclic) bond motifs is 1. The minimum Gasteiger partial charge on any atom is -0.497 e. The van der Waals surface area contributed by atoms with Crippen molar-refractivity contribution in [1.82, 2.24) is 20.4 Å². The van der Waals surface area contributed by atoms with Crippen molar-refractivity contribution in [1.29, 1.82) is 0 Å². The highest BCUT2D eigenvalue weighted by atomic mass is 16.5. The van der Waals surface area contributed by atoms with Crippen LogP contribution in [-0.4, -0.2) is 41.3 Å². The van der Waals surface area contributed by atoms with Gasteiger partial charge < -0.3 is 15.4 Å². The molecule has 2 aromatic carbocycles. The zero-order valence-electron chi connectivity index (χ0n) is 19.7. The topological polar surface area (TPSA) is 102 Å². The molecule has 1 aliphatic carbocycles. The predicted molar refractivity (Wildman–Crippen MR) is 130 cm³/mol. The van der Waals surface area contributed by atoms with Crippen molar-refractivity contribution >= 4 is 22.6 Å². The number of hydrogen-bond donors (Lipinski definition) is 2. The molecule has 2 amide bonds. The molecule has 0 saturated heterocycles. The van der Waals surface area contributed by atoms with Gasteiger partial charge in [0.25, 0.3) is 11.5 Å². The lowest BCUT2D eigenvalue weighted by molar-refractivity contribution is -0.121. The SMILES string of the molecule is COc1ccc(-n2nc(C(=O)NCC(=O)N[C@@H]3CCC[C@H](C)[C@@H]3C)c3ccccc3c2=O)cc1. The Labute approximate surface area is 198 Å². The van der Waals surface area contributed by atoms with Crippen molar-refractivity contribution in [3.05, 3.63) is 64.6 Å². The summed E-state index contributed by atoms with van der Waals surface area (Å²) in [7, 11) is 1.56. The molecule has 3 atom stereocenters. The third-order valence-electron chi connectivity index (χ3n) is 6.80. The molecule has 0 aliphatic heterocycles. The van der Waals surface area contributed by atoms with Crippen LogP contribution in [0.1, 0.15) is 43.6 Å². The fraction of sp³-hybridized carbons (Fsp3) is 0.385. The van der Waals surface area contributed by atoms with Crippen LogP contribution in [0.3, 0.4) is 0 Å². The Morgan fingerprint density at radius 1 is 1.06 bits per heavy atom. The van der Waals surface area contributed by atoms with E-state index in [9.17, 15) is 14.4 Å². The fourth-order valence-electron chi connectivity index (χ4n) is 4.54. The van der Waals surface area contributed by atoms with Crippen LogP contribution in [0.5, 0.6) is 5.75 Å². The molecule has 0 radical (unpaired) electrons. The van der Waals surface area contributed by atoms with Gasteiger partial charge in [-0.3, -0.25) is 14.4 Å². The summed E-state index contributed by atoms with van der Waals surface area (Å²) in [5.74, 6) is 0.851. The third-order valence-corrected chi connectivity index (χ3v) is 6.80. The molecule has 1 heterocycles. The van der Waals surface area contributed by atoms with Crippen LogP contribution in [0, 0.1) is 11.8 Å². The number of carbonyl (C=O) groups is 2. The number of methoxy groups -OCH3 is 1. The van der Waals surface area contributed by atoms with E-state index in [-0.39, 0.29) is 29.7 Å². The molecule has 178 valence electrons. The monoisotopic (exact) mass is 462 g/mol. The first-order chi connectivity index (χ1) is 16.4. The molecule has 1 aromatic heterocycles. The van der Waals surface area contributed by atoms with Crippen molar-refractivity contribution in [2.24, 2.45) is 11.8 Å². The van der Waals surface area contributed by atoms with E-state index in [1.807, 2.05) is 0 Å². The first-order valence-corrected chi connectivity index (χ1v) is 11.6. The molecular weight excluding hydrogens is 432 g/mol. The Morgan fingerprint density at radius 3 is 2.47 bits per heavy atom. The maximum atomic E-state index is 13.1. The van der Waals surface area contributed by atoms with Crippen molar-refractivity contribution in [2.45, 2.75) is 39.2 Å². The zero-order chi connectivity index (χ0) is 24.2. The van der Waals surface area contributed by atoms with Gasteiger partial charge in [-0.05, 0) is 48.6 Å². The Balaban J connectivity index is 1.56. The van der Waals surface area contributed by atoms with Crippen molar-refractivity contribution in [3.8, 4) is 11.4 Å². The van der Waals surface area contributed by atoms with Gasteiger partial charge in [0.1, 0.15) is 5.75 Å². The summed E-state index contributed by atoms with van der Waals surface area (Å²) in [6.45, 7) is 4.21. The zero-order valence-corrected chi connectivity index (χ0v) is 19.7. The van der Waals surface area contributed by atoms with Crippen LogP contribution in [-0.2, 0) is 4.79 Å². The lowest BCUT2D eigenvalue weighted by atomic mass is 9.78. The molecule has 8 heteroatoms. The maximum absolute atomic E-state index is 13.1.